The summed E-state index contributed by atoms with van der Waals surface area (Å²) >= 11 is 1.67. The SMILES string of the molecule is O=C(NCCCN1CCOCC1)Nc1ccccc1-c1cccs1. The van der Waals surface area contributed by atoms with Gasteiger partial charge in [-0.1, -0.05) is 24.3 Å². The van der Waals surface area contributed by atoms with Crippen molar-refractivity contribution >= 4 is 23.1 Å². The number of hydrogen-bond acceptors (Lipinski definition) is 4. The molecule has 6 heteroatoms. The smallest absolute Gasteiger partial charge is 0.319 e. The van der Waals surface area contributed by atoms with Gasteiger partial charge in [0.2, 0.25) is 0 Å². The summed E-state index contributed by atoms with van der Waals surface area (Å²) in [5.41, 5.74) is 1.89. The Morgan fingerprint density at radius 3 is 2.79 bits per heavy atom. The van der Waals surface area contributed by atoms with Crippen LogP contribution >= 0.6 is 11.3 Å². The summed E-state index contributed by atoms with van der Waals surface area (Å²) < 4.78 is 5.33. The minimum Gasteiger partial charge on any atom is -0.379 e. The van der Waals surface area contributed by atoms with Gasteiger partial charge in [-0.05, 0) is 30.5 Å². The van der Waals surface area contributed by atoms with Crippen LogP contribution in [0.4, 0.5) is 10.5 Å². The van der Waals surface area contributed by atoms with Crippen LogP contribution in [-0.2, 0) is 4.74 Å². The van der Waals surface area contributed by atoms with Crippen LogP contribution in [0.3, 0.4) is 0 Å². The van der Waals surface area contributed by atoms with Crippen LogP contribution in [0.5, 0.6) is 0 Å². The van der Waals surface area contributed by atoms with Gasteiger partial charge in [-0.2, -0.15) is 0 Å². The van der Waals surface area contributed by atoms with Gasteiger partial charge in [0.1, 0.15) is 0 Å². The van der Waals surface area contributed by atoms with Crippen molar-refractivity contribution in [3.63, 3.8) is 0 Å². The molecule has 1 aliphatic rings. The average Bonchev–Trinajstić information content (AvgIpc) is 3.15. The number of para-hydroxylation sites is 1. The van der Waals surface area contributed by atoms with Crippen LogP contribution in [0.2, 0.25) is 0 Å². The van der Waals surface area contributed by atoms with Crippen molar-refractivity contribution in [1.82, 2.24) is 10.2 Å². The number of thiophene rings is 1. The molecule has 0 saturated carbocycles. The van der Waals surface area contributed by atoms with Crippen molar-refractivity contribution < 1.29 is 9.53 Å². The summed E-state index contributed by atoms with van der Waals surface area (Å²) in [7, 11) is 0. The van der Waals surface area contributed by atoms with Crippen LogP contribution in [0.15, 0.2) is 41.8 Å². The Balaban J connectivity index is 1.45. The standard InChI is InChI=1S/C18H23N3O2S/c22-18(19-8-4-9-21-10-12-23-13-11-21)20-16-6-2-1-5-15(16)17-7-3-14-24-17/h1-3,5-7,14H,4,8-13H2,(H2,19,20,22). The molecule has 1 saturated heterocycles. The molecule has 2 N–H and O–H groups in total. The number of ether oxygens (including phenoxy) is 1. The van der Waals surface area contributed by atoms with E-state index in [-0.39, 0.29) is 6.03 Å². The molecule has 1 fully saturated rings. The van der Waals surface area contributed by atoms with E-state index in [4.69, 9.17) is 4.74 Å². The summed E-state index contributed by atoms with van der Waals surface area (Å²) in [6, 6.07) is 11.8. The second-order valence-corrected chi connectivity index (χ2v) is 6.66. The first-order valence-electron chi connectivity index (χ1n) is 8.31. The van der Waals surface area contributed by atoms with Crippen LogP contribution in [0, 0.1) is 0 Å². The molecule has 2 aromatic rings. The van der Waals surface area contributed by atoms with Crippen molar-refractivity contribution in [2.45, 2.75) is 6.42 Å². The Kier molecular flexibility index (Phi) is 6.23. The molecule has 2 heterocycles. The van der Waals surface area contributed by atoms with Gasteiger partial charge < -0.3 is 15.4 Å². The third-order valence-electron chi connectivity index (χ3n) is 4.00. The van der Waals surface area contributed by atoms with Crippen LogP contribution in [0.25, 0.3) is 10.4 Å². The van der Waals surface area contributed by atoms with Crippen LogP contribution in [-0.4, -0.2) is 50.3 Å². The van der Waals surface area contributed by atoms with E-state index in [0.717, 1.165) is 55.4 Å². The van der Waals surface area contributed by atoms with E-state index in [1.165, 1.54) is 0 Å². The number of hydrogen-bond donors (Lipinski definition) is 2. The molecule has 0 spiro atoms. The van der Waals surface area contributed by atoms with Crippen molar-refractivity contribution in [2.75, 3.05) is 44.7 Å². The minimum atomic E-state index is -0.152. The number of nitrogens with one attached hydrogen (secondary N) is 2. The van der Waals surface area contributed by atoms with Gasteiger partial charge in [0.15, 0.2) is 0 Å². The fourth-order valence-electron chi connectivity index (χ4n) is 2.73. The van der Waals surface area contributed by atoms with Crippen LogP contribution < -0.4 is 10.6 Å². The monoisotopic (exact) mass is 345 g/mol. The first-order chi connectivity index (χ1) is 11.8. The zero-order valence-corrected chi connectivity index (χ0v) is 14.5. The lowest BCUT2D eigenvalue weighted by Crippen LogP contribution is -2.38. The molecular formula is C18H23N3O2S. The Morgan fingerprint density at radius 2 is 2.00 bits per heavy atom. The van der Waals surface area contributed by atoms with Crippen molar-refractivity contribution in [3.05, 3.63) is 41.8 Å². The van der Waals surface area contributed by atoms with Gasteiger partial charge in [-0.3, -0.25) is 4.90 Å². The fourth-order valence-corrected chi connectivity index (χ4v) is 3.50. The molecular weight excluding hydrogens is 322 g/mol. The maximum Gasteiger partial charge on any atom is 0.319 e. The van der Waals surface area contributed by atoms with Gasteiger partial charge in [0, 0.05) is 30.1 Å². The number of benzene rings is 1. The van der Waals surface area contributed by atoms with Gasteiger partial charge >= 0.3 is 6.03 Å². The molecule has 1 aromatic carbocycles. The summed E-state index contributed by atoms with van der Waals surface area (Å²) in [5.74, 6) is 0. The molecule has 0 atom stereocenters. The van der Waals surface area contributed by atoms with Gasteiger partial charge in [-0.15, -0.1) is 11.3 Å². The predicted molar refractivity (Wildman–Crippen MR) is 98.7 cm³/mol. The minimum absolute atomic E-state index is 0.152. The molecule has 0 bridgehead atoms. The zero-order chi connectivity index (χ0) is 16.6. The highest BCUT2D eigenvalue weighted by Crippen LogP contribution is 2.31. The topological polar surface area (TPSA) is 53.6 Å². The Labute approximate surface area is 146 Å². The third-order valence-corrected chi connectivity index (χ3v) is 4.91. The Morgan fingerprint density at radius 1 is 1.17 bits per heavy atom. The van der Waals surface area contributed by atoms with Gasteiger partial charge in [-0.25, -0.2) is 4.79 Å². The second-order valence-electron chi connectivity index (χ2n) is 5.71. The highest BCUT2D eigenvalue weighted by molar-refractivity contribution is 7.13. The van der Waals surface area contributed by atoms with Gasteiger partial charge in [0.25, 0.3) is 0 Å². The molecule has 1 aromatic heterocycles. The second kappa shape index (κ2) is 8.82. The zero-order valence-electron chi connectivity index (χ0n) is 13.7. The quantitative estimate of drug-likeness (QED) is 0.790. The lowest BCUT2D eigenvalue weighted by molar-refractivity contribution is 0.0375. The lowest BCUT2D eigenvalue weighted by Gasteiger charge is -2.26. The highest BCUT2D eigenvalue weighted by atomic mass is 32.1. The Hall–Kier alpha value is -1.89. The number of morpholine rings is 1. The maximum atomic E-state index is 12.1. The van der Waals surface area contributed by atoms with E-state index >= 15 is 0 Å². The van der Waals surface area contributed by atoms with E-state index in [0.29, 0.717) is 6.54 Å². The molecule has 128 valence electrons. The number of carbonyl (C=O) groups is 1. The molecule has 1 aliphatic heterocycles. The van der Waals surface area contributed by atoms with Crippen molar-refractivity contribution in [2.24, 2.45) is 0 Å². The summed E-state index contributed by atoms with van der Waals surface area (Å²) in [6.45, 7) is 5.27. The number of rotatable bonds is 6. The lowest BCUT2D eigenvalue weighted by atomic mass is 10.1. The summed E-state index contributed by atoms with van der Waals surface area (Å²) in [4.78, 5) is 15.7. The number of urea groups is 1. The number of amides is 2. The first-order valence-corrected chi connectivity index (χ1v) is 9.19. The van der Waals surface area contributed by atoms with E-state index in [1.807, 2.05) is 35.7 Å². The normalized spacial score (nSPS) is 15.2. The molecule has 5 nitrogen and oxygen atoms in total. The highest BCUT2D eigenvalue weighted by Gasteiger charge is 2.11. The maximum absolute atomic E-state index is 12.1. The number of carbonyl (C=O) groups excluding carboxylic acids is 1. The molecule has 0 radical (unpaired) electrons. The molecule has 2 amide bonds. The largest absolute Gasteiger partial charge is 0.379 e. The average molecular weight is 345 g/mol. The molecule has 0 aliphatic carbocycles. The summed E-state index contributed by atoms with van der Waals surface area (Å²) in [5, 5.41) is 7.94. The fraction of sp³-hybridized carbons (Fsp3) is 0.389. The number of nitrogens with zero attached hydrogens (tertiary/aromatic N) is 1. The number of anilines is 1. The third kappa shape index (κ3) is 4.80. The van der Waals surface area contributed by atoms with E-state index in [1.54, 1.807) is 11.3 Å². The van der Waals surface area contributed by atoms with Gasteiger partial charge in [0.05, 0.1) is 18.9 Å². The molecule has 0 unspecified atom stereocenters. The van der Waals surface area contributed by atoms with E-state index in [2.05, 4.69) is 21.6 Å². The summed E-state index contributed by atoms with van der Waals surface area (Å²) in [6.07, 6.45) is 0.944. The van der Waals surface area contributed by atoms with E-state index in [9.17, 15) is 4.79 Å². The molecule has 24 heavy (non-hydrogen) atoms. The Bertz CT molecular complexity index is 639. The van der Waals surface area contributed by atoms with Crippen molar-refractivity contribution in [3.8, 4) is 10.4 Å². The molecule has 3 rings (SSSR count). The predicted octanol–water partition coefficient (Wildman–Crippen LogP) is 3.26. The first kappa shape index (κ1) is 17.0. The van der Waals surface area contributed by atoms with Crippen molar-refractivity contribution in [1.29, 1.82) is 0 Å². The van der Waals surface area contributed by atoms with Crippen LogP contribution in [0.1, 0.15) is 6.42 Å². The van der Waals surface area contributed by atoms with E-state index < -0.39 is 0 Å².